The van der Waals surface area contributed by atoms with Gasteiger partial charge in [-0.2, -0.15) is 4.98 Å². The summed E-state index contributed by atoms with van der Waals surface area (Å²) in [6, 6.07) is 22.0. The number of benzene rings is 2. The summed E-state index contributed by atoms with van der Waals surface area (Å²) in [5.74, 6) is 1.56. The van der Waals surface area contributed by atoms with E-state index in [9.17, 15) is 4.79 Å². The highest BCUT2D eigenvalue weighted by Gasteiger charge is 2.21. The maximum Gasteiger partial charge on any atom is 0.229 e. The van der Waals surface area contributed by atoms with Crippen molar-refractivity contribution >= 4 is 23.4 Å². The molecule has 1 N–H and O–H groups in total. The third kappa shape index (κ3) is 4.11. The Morgan fingerprint density at radius 1 is 0.893 bits per heavy atom. The molecule has 0 atom stereocenters. The van der Waals surface area contributed by atoms with Gasteiger partial charge in [-0.3, -0.25) is 4.79 Å². The molecule has 1 aliphatic heterocycles. The summed E-state index contributed by atoms with van der Waals surface area (Å²) in [5, 5.41) is 3.31. The molecule has 1 saturated heterocycles. The minimum Gasteiger partial charge on any atom is -0.353 e. The largest absolute Gasteiger partial charge is 0.353 e. The fourth-order valence-electron chi connectivity index (χ4n) is 3.31. The van der Waals surface area contributed by atoms with Crippen molar-refractivity contribution in [2.45, 2.75) is 6.92 Å². The first-order chi connectivity index (χ1) is 13.7. The summed E-state index contributed by atoms with van der Waals surface area (Å²) in [6.45, 7) is 4.56. The molecule has 0 aliphatic carbocycles. The number of hydrogen-bond donors (Lipinski definition) is 1. The van der Waals surface area contributed by atoms with Crippen LogP contribution in [0.5, 0.6) is 0 Å². The first kappa shape index (κ1) is 18.0. The standard InChI is InChI=1S/C22H23N5O/c1-17(28)26-12-14-27(15-13-26)21-16-20(18-8-4-2-5-9-18)24-22(25-21)23-19-10-6-3-7-11-19/h2-11,16H,12-15H2,1H3,(H,23,24,25). The van der Waals surface area contributed by atoms with E-state index < -0.39 is 0 Å². The lowest BCUT2D eigenvalue weighted by atomic mass is 10.1. The smallest absolute Gasteiger partial charge is 0.229 e. The third-order valence-corrected chi connectivity index (χ3v) is 4.86. The van der Waals surface area contributed by atoms with Crippen molar-refractivity contribution in [1.82, 2.24) is 14.9 Å². The van der Waals surface area contributed by atoms with Crippen molar-refractivity contribution < 1.29 is 4.79 Å². The molecular formula is C22H23N5O. The van der Waals surface area contributed by atoms with Gasteiger partial charge in [0.15, 0.2) is 0 Å². The van der Waals surface area contributed by atoms with Crippen LogP contribution in [0.4, 0.5) is 17.5 Å². The number of hydrogen-bond acceptors (Lipinski definition) is 5. The van der Waals surface area contributed by atoms with Crippen LogP contribution in [0.1, 0.15) is 6.92 Å². The Kier molecular flexibility index (Phi) is 5.19. The molecule has 28 heavy (non-hydrogen) atoms. The number of nitrogens with one attached hydrogen (secondary N) is 1. The second kappa shape index (κ2) is 8.08. The molecule has 0 bridgehead atoms. The molecule has 0 saturated carbocycles. The van der Waals surface area contributed by atoms with Gasteiger partial charge in [0.05, 0.1) is 5.69 Å². The van der Waals surface area contributed by atoms with Crippen LogP contribution in [0.3, 0.4) is 0 Å². The quantitative estimate of drug-likeness (QED) is 0.758. The Morgan fingerprint density at radius 3 is 2.18 bits per heavy atom. The fraction of sp³-hybridized carbons (Fsp3) is 0.227. The predicted octanol–water partition coefficient (Wildman–Crippen LogP) is 3.56. The van der Waals surface area contributed by atoms with Gasteiger partial charge in [-0.15, -0.1) is 0 Å². The fourth-order valence-corrected chi connectivity index (χ4v) is 3.31. The molecule has 1 aromatic heterocycles. The molecule has 1 aliphatic rings. The van der Waals surface area contributed by atoms with Crippen molar-refractivity contribution in [3.63, 3.8) is 0 Å². The molecule has 4 rings (SSSR count). The summed E-state index contributed by atoms with van der Waals surface area (Å²) in [7, 11) is 0. The van der Waals surface area contributed by atoms with E-state index in [0.29, 0.717) is 19.0 Å². The third-order valence-electron chi connectivity index (χ3n) is 4.86. The van der Waals surface area contributed by atoms with E-state index in [1.807, 2.05) is 71.6 Å². The van der Waals surface area contributed by atoms with E-state index in [1.54, 1.807) is 6.92 Å². The SMILES string of the molecule is CC(=O)N1CCN(c2cc(-c3ccccc3)nc(Nc3ccccc3)n2)CC1. The number of nitrogens with zero attached hydrogens (tertiary/aromatic N) is 4. The average Bonchev–Trinajstić information content (AvgIpc) is 2.75. The van der Waals surface area contributed by atoms with Crippen molar-refractivity contribution in [2.75, 3.05) is 36.4 Å². The first-order valence-electron chi connectivity index (χ1n) is 9.46. The number of aromatic nitrogens is 2. The van der Waals surface area contributed by atoms with E-state index in [2.05, 4.69) is 10.2 Å². The zero-order valence-electron chi connectivity index (χ0n) is 15.9. The van der Waals surface area contributed by atoms with Gasteiger partial charge in [-0.1, -0.05) is 48.5 Å². The molecule has 2 heterocycles. The molecular weight excluding hydrogens is 350 g/mol. The van der Waals surface area contributed by atoms with Crippen molar-refractivity contribution in [3.8, 4) is 11.3 Å². The molecule has 1 amide bonds. The van der Waals surface area contributed by atoms with Crippen LogP contribution in [-0.2, 0) is 4.79 Å². The number of para-hydroxylation sites is 1. The second-order valence-corrected chi connectivity index (χ2v) is 6.79. The molecule has 0 radical (unpaired) electrons. The lowest BCUT2D eigenvalue weighted by Crippen LogP contribution is -2.48. The number of piperazine rings is 1. The van der Waals surface area contributed by atoms with Crippen molar-refractivity contribution in [3.05, 3.63) is 66.7 Å². The van der Waals surface area contributed by atoms with Gasteiger partial charge in [-0.25, -0.2) is 4.98 Å². The summed E-state index contributed by atoms with van der Waals surface area (Å²) in [5.41, 5.74) is 2.86. The van der Waals surface area contributed by atoms with Crippen LogP contribution in [0.25, 0.3) is 11.3 Å². The molecule has 1 fully saturated rings. The Balaban J connectivity index is 1.65. The van der Waals surface area contributed by atoms with Crippen LogP contribution in [0.15, 0.2) is 66.7 Å². The maximum absolute atomic E-state index is 11.6. The Hall–Kier alpha value is -3.41. The van der Waals surface area contributed by atoms with Crippen molar-refractivity contribution in [2.24, 2.45) is 0 Å². The Labute approximate surface area is 164 Å². The van der Waals surface area contributed by atoms with Crippen LogP contribution < -0.4 is 10.2 Å². The van der Waals surface area contributed by atoms with Gasteiger partial charge in [-0.05, 0) is 12.1 Å². The van der Waals surface area contributed by atoms with Gasteiger partial charge in [0.25, 0.3) is 0 Å². The number of anilines is 3. The Morgan fingerprint density at radius 2 is 1.54 bits per heavy atom. The van der Waals surface area contributed by atoms with Gasteiger partial charge in [0, 0.05) is 50.4 Å². The zero-order valence-corrected chi connectivity index (χ0v) is 15.9. The molecule has 2 aromatic carbocycles. The summed E-state index contributed by atoms with van der Waals surface area (Å²) < 4.78 is 0. The minimum atomic E-state index is 0.124. The maximum atomic E-state index is 11.6. The van der Waals surface area contributed by atoms with E-state index in [4.69, 9.17) is 9.97 Å². The van der Waals surface area contributed by atoms with Gasteiger partial charge >= 0.3 is 0 Å². The van der Waals surface area contributed by atoms with Crippen LogP contribution in [-0.4, -0.2) is 47.0 Å². The molecule has 0 unspecified atom stereocenters. The number of carbonyl (C=O) groups is 1. The zero-order chi connectivity index (χ0) is 19.3. The summed E-state index contributed by atoms with van der Waals surface area (Å²) in [4.78, 5) is 25.2. The number of carbonyl (C=O) groups excluding carboxylic acids is 1. The summed E-state index contributed by atoms with van der Waals surface area (Å²) >= 11 is 0. The molecule has 0 spiro atoms. The highest BCUT2D eigenvalue weighted by atomic mass is 16.2. The first-order valence-corrected chi connectivity index (χ1v) is 9.46. The number of rotatable bonds is 4. The molecule has 142 valence electrons. The molecule has 3 aromatic rings. The highest BCUT2D eigenvalue weighted by molar-refractivity contribution is 5.73. The summed E-state index contributed by atoms with van der Waals surface area (Å²) in [6.07, 6.45) is 0. The normalized spacial score (nSPS) is 14.0. The highest BCUT2D eigenvalue weighted by Crippen LogP contribution is 2.25. The average molecular weight is 373 g/mol. The second-order valence-electron chi connectivity index (χ2n) is 6.79. The lowest BCUT2D eigenvalue weighted by Gasteiger charge is -2.35. The van der Waals surface area contributed by atoms with Crippen molar-refractivity contribution in [1.29, 1.82) is 0 Å². The molecule has 6 heteroatoms. The Bertz CT molecular complexity index is 938. The van der Waals surface area contributed by atoms with Gasteiger partial charge in [0.2, 0.25) is 11.9 Å². The van der Waals surface area contributed by atoms with Crippen LogP contribution in [0.2, 0.25) is 0 Å². The van der Waals surface area contributed by atoms with E-state index >= 15 is 0 Å². The van der Waals surface area contributed by atoms with Gasteiger partial charge < -0.3 is 15.1 Å². The predicted molar refractivity (Wildman–Crippen MR) is 112 cm³/mol. The van der Waals surface area contributed by atoms with E-state index in [-0.39, 0.29) is 5.91 Å². The van der Waals surface area contributed by atoms with E-state index in [1.165, 1.54) is 0 Å². The number of amides is 1. The monoisotopic (exact) mass is 373 g/mol. The minimum absolute atomic E-state index is 0.124. The van der Waals surface area contributed by atoms with Gasteiger partial charge in [0.1, 0.15) is 5.82 Å². The lowest BCUT2D eigenvalue weighted by molar-refractivity contribution is -0.129. The van der Waals surface area contributed by atoms with Crippen LogP contribution >= 0.6 is 0 Å². The van der Waals surface area contributed by atoms with E-state index in [0.717, 1.165) is 35.9 Å². The topological polar surface area (TPSA) is 61.4 Å². The van der Waals surface area contributed by atoms with Crippen LogP contribution in [0, 0.1) is 0 Å². The molecule has 6 nitrogen and oxygen atoms in total.